The molecule has 1 saturated heterocycles. The highest BCUT2D eigenvalue weighted by molar-refractivity contribution is 5.74. The maximum absolute atomic E-state index is 12.9. The average Bonchev–Trinajstić information content (AvgIpc) is 2.72. The number of nitrogens with zero attached hydrogens (tertiary/aromatic N) is 1. The van der Waals surface area contributed by atoms with E-state index in [4.69, 9.17) is 10.5 Å². The Morgan fingerprint density at radius 1 is 1.26 bits per heavy atom. The molecule has 31 heavy (non-hydrogen) atoms. The summed E-state index contributed by atoms with van der Waals surface area (Å²) in [6.45, 7) is 8.47. The summed E-state index contributed by atoms with van der Waals surface area (Å²) in [5.41, 5.74) is 6.75. The first-order valence-electron chi connectivity index (χ1n) is 11.2. The highest BCUT2D eigenvalue weighted by atomic mass is 16.5. The van der Waals surface area contributed by atoms with Gasteiger partial charge in [-0.25, -0.2) is 4.79 Å². The number of ether oxygens (including phenoxy) is 1. The number of hydrogen-bond acceptors (Lipinski definition) is 4. The fraction of sp³-hybridized carbons (Fsp3) is 0.560. The number of rotatable bonds is 6. The van der Waals surface area contributed by atoms with Gasteiger partial charge in [0.1, 0.15) is 11.3 Å². The van der Waals surface area contributed by atoms with Crippen LogP contribution in [0.25, 0.3) is 0 Å². The number of nitrogens with two attached hydrogens (primary N) is 1. The molecule has 0 saturated carbocycles. The molecule has 0 spiro atoms. The molecule has 0 radical (unpaired) electrons. The summed E-state index contributed by atoms with van der Waals surface area (Å²) in [6.07, 6.45) is 4.98. The lowest BCUT2D eigenvalue weighted by atomic mass is 9.71. The van der Waals surface area contributed by atoms with Gasteiger partial charge in [-0.3, -0.25) is 0 Å². The number of hydrogen-bond donors (Lipinski definition) is 3. The molecular formula is C25H37N3O3. The quantitative estimate of drug-likeness (QED) is 0.624. The predicted octanol–water partition coefficient (Wildman–Crippen LogP) is 4.49. The lowest BCUT2D eigenvalue weighted by Crippen LogP contribution is -2.57. The van der Waals surface area contributed by atoms with E-state index >= 15 is 0 Å². The Balaban J connectivity index is 2.09. The molecule has 6 nitrogen and oxygen atoms in total. The van der Waals surface area contributed by atoms with E-state index in [0.29, 0.717) is 36.8 Å². The van der Waals surface area contributed by atoms with Crippen LogP contribution in [0.4, 0.5) is 4.79 Å². The standard InChI is InChI=1S/C25H37N3O3/c1-24(2,3)20-14-22(31-4)25(16-21(20)29,15-18-10-12-27-13-11-18)28(23(26)30)17-19-8-6-5-7-9-19/h5-9,14,18,27,29H,10-13,15-17H2,1-4H3,(H2,26,30). The average molecular weight is 428 g/mol. The SMILES string of the molecule is COC1=CC(C(C)(C)C)=C(O)CC1(CC1CCNCC1)N(Cc1ccccc1)C(N)=O. The van der Waals surface area contributed by atoms with Gasteiger partial charge < -0.3 is 25.8 Å². The second kappa shape index (κ2) is 9.35. The molecular weight excluding hydrogens is 390 g/mol. The molecule has 3 rings (SSSR count). The smallest absolute Gasteiger partial charge is 0.315 e. The minimum absolute atomic E-state index is 0.244. The molecule has 0 bridgehead atoms. The molecule has 1 aromatic rings. The number of aliphatic hydroxyl groups excluding tert-OH is 1. The number of allylic oxidation sites excluding steroid dienone is 2. The molecule has 2 aliphatic rings. The number of amides is 2. The van der Waals surface area contributed by atoms with Crippen molar-refractivity contribution in [2.75, 3.05) is 20.2 Å². The Morgan fingerprint density at radius 2 is 1.90 bits per heavy atom. The van der Waals surface area contributed by atoms with E-state index in [1.165, 1.54) is 0 Å². The van der Waals surface area contributed by atoms with Gasteiger partial charge in [-0.15, -0.1) is 0 Å². The van der Waals surface area contributed by atoms with Gasteiger partial charge in [0.2, 0.25) is 0 Å². The Morgan fingerprint density at radius 3 is 2.45 bits per heavy atom. The van der Waals surface area contributed by atoms with Crippen LogP contribution in [0.5, 0.6) is 0 Å². The number of methoxy groups -OCH3 is 1. The van der Waals surface area contributed by atoms with Gasteiger partial charge in [-0.2, -0.15) is 0 Å². The number of primary amides is 1. The summed E-state index contributed by atoms with van der Waals surface area (Å²) in [6, 6.07) is 9.34. The lowest BCUT2D eigenvalue weighted by molar-refractivity contribution is 0.0486. The van der Waals surface area contributed by atoms with Gasteiger partial charge in [0.05, 0.1) is 12.9 Å². The van der Waals surface area contributed by atoms with Gasteiger partial charge in [-0.05, 0) is 60.9 Å². The van der Waals surface area contributed by atoms with Crippen LogP contribution in [0, 0.1) is 11.3 Å². The number of carbonyl (C=O) groups excluding carboxylic acids is 1. The van der Waals surface area contributed by atoms with Crippen molar-refractivity contribution in [2.24, 2.45) is 17.1 Å². The fourth-order valence-corrected chi connectivity index (χ4v) is 4.99. The van der Waals surface area contributed by atoms with Crippen molar-refractivity contribution in [1.82, 2.24) is 10.2 Å². The molecule has 1 aliphatic carbocycles. The number of piperidine rings is 1. The molecule has 1 unspecified atom stereocenters. The summed E-state index contributed by atoms with van der Waals surface area (Å²) in [5, 5.41) is 14.6. The maximum atomic E-state index is 12.9. The molecule has 1 fully saturated rings. The van der Waals surface area contributed by atoms with Crippen LogP contribution in [0.2, 0.25) is 0 Å². The predicted molar refractivity (Wildman–Crippen MR) is 123 cm³/mol. The largest absolute Gasteiger partial charge is 0.512 e. The second-order valence-electron chi connectivity index (χ2n) is 9.84. The first-order valence-corrected chi connectivity index (χ1v) is 11.2. The fourth-order valence-electron chi connectivity index (χ4n) is 4.99. The number of benzene rings is 1. The maximum Gasteiger partial charge on any atom is 0.315 e. The normalized spacial score (nSPS) is 22.8. The summed E-state index contributed by atoms with van der Waals surface area (Å²) in [7, 11) is 1.65. The highest BCUT2D eigenvalue weighted by Gasteiger charge is 2.49. The van der Waals surface area contributed by atoms with Crippen LogP contribution in [-0.2, 0) is 11.3 Å². The first kappa shape index (κ1) is 23.2. The molecule has 1 heterocycles. The van der Waals surface area contributed by atoms with Gasteiger partial charge in [0, 0.05) is 13.0 Å². The Labute approximate surface area is 186 Å². The number of nitrogens with one attached hydrogen (secondary N) is 1. The third kappa shape index (κ3) is 5.06. The van der Waals surface area contributed by atoms with E-state index in [2.05, 4.69) is 26.1 Å². The van der Waals surface area contributed by atoms with Crippen LogP contribution in [0.15, 0.2) is 53.5 Å². The number of urea groups is 1. The molecule has 1 aromatic carbocycles. The number of carbonyl (C=O) groups is 1. The van der Waals surface area contributed by atoms with E-state index < -0.39 is 11.6 Å². The Kier molecular flexibility index (Phi) is 6.99. The Hall–Kier alpha value is -2.47. The van der Waals surface area contributed by atoms with E-state index in [1.54, 1.807) is 12.0 Å². The van der Waals surface area contributed by atoms with Gasteiger partial charge in [0.25, 0.3) is 0 Å². The third-order valence-electron chi connectivity index (χ3n) is 6.58. The van der Waals surface area contributed by atoms with Crippen molar-refractivity contribution in [3.05, 3.63) is 59.1 Å². The van der Waals surface area contributed by atoms with Crippen molar-refractivity contribution in [2.45, 2.75) is 58.5 Å². The molecule has 6 heteroatoms. The zero-order valence-corrected chi connectivity index (χ0v) is 19.3. The van der Waals surface area contributed by atoms with Crippen molar-refractivity contribution < 1.29 is 14.6 Å². The molecule has 2 amide bonds. The van der Waals surface area contributed by atoms with Gasteiger partial charge in [-0.1, -0.05) is 51.1 Å². The second-order valence-corrected chi connectivity index (χ2v) is 9.84. The zero-order valence-electron chi connectivity index (χ0n) is 19.3. The van der Waals surface area contributed by atoms with Crippen LogP contribution >= 0.6 is 0 Å². The summed E-state index contributed by atoms with van der Waals surface area (Å²) < 4.78 is 5.94. The third-order valence-corrected chi connectivity index (χ3v) is 6.58. The summed E-state index contributed by atoms with van der Waals surface area (Å²) in [4.78, 5) is 14.6. The van der Waals surface area contributed by atoms with Crippen molar-refractivity contribution in [3.63, 3.8) is 0 Å². The van der Waals surface area contributed by atoms with Crippen molar-refractivity contribution in [1.29, 1.82) is 0 Å². The van der Waals surface area contributed by atoms with Crippen LogP contribution in [-0.4, -0.2) is 41.8 Å². The molecule has 0 aromatic heterocycles. The van der Waals surface area contributed by atoms with Crippen molar-refractivity contribution in [3.8, 4) is 0 Å². The summed E-state index contributed by atoms with van der Waals surface area (Å²) >= 11 is 0. The van der Waals surface area contributed by atoms with E-state index in [0.717, 1.165) is 37.1 Å². The number of aliphatic hydroxyl groups is 1. The van der Waals surface area contributed by atoms with Gasteiger partial charge in [0.15, 0.2) is 0 Å². The lowest BCUT2D eigenvalue weighted by Gasteiger charge is -2.48. The molecule has 4 N–H and O–H groups in total. The molecule has 1 atom stereocenters. The van der Waals surface area contributed by atoms with E-state index in [-0.39, 0.29) is 5.41 Å². The zero-order chi connectivity index (χ0) is 22.6. The topological polar surface area (TPSA) is 87.8 Å². The van der Waals surface area contributed by atoms with Crippen LogP contribution in [0.3, 0.4) is 0 Å². The highest BCUT2D eigenvalue weighted by Crippen LogP contribution is 2.46. The monoisotopic (exact) mass is 427 g/mol. The van der Waals surface area contributed by atoms with Crippen molar-refractivity contribution >= 4 is 6.03 Å². The minimum Gasteiger partial charge on any atom is -0.512 e. The molecule has 1 aliphatic heterocycles. The van der Waals surface area contributed by atoms with Gasteiger partial charge >= 0.3 is 6.03 Å². The Bertz CT molecular complexity index is 835. The summed E-state index contributed by atoms with van der Waals surface area (Å²) in [5.74, 6) is 1.41. The van der Waals surface area contributed by atoms with Crippen LogP contribution < -0.4 is 11.1 Å². The first-order chi connectivity index (χ1) is 14.7. The van der Waals surface area contributed by atoms with E-state index in [9.17, 15) is 9.90 Å². The van der Waals surface area contributed by atoms with Crippen LogP contribution in [0.1, 0.15) is 52.0 Å². The minimum atomic E-state index is -0.822. The molecule has 170 valence electrons. The van der Waals surface area contributed by atoms with E-state index in [1.807, 2.05) is 36.4 Å².